The third kappa shape index (κ3) is 8.07. The fraction of sp³-hybridized carbons (Fsp3) is 0.667. The van der Waals surface area contributed by atoms with E-state index in [1.165, 1.54) is 32.8 Å². The fourth-order valence-corrected chi connectivity index (χ4v) is 4.14. The summed E-state index contributed by atoms with van der Waals surface area (Å²) < 4.78 is 4.87. The predicted molar refractivity (Wildman–Crippen MR) is 118 cm³/mol. The van der Waals surface area contributed by atoms with Gasteiger partial charge in [0.15, 0.2) is 0 Å². The Labute approximate surface area is 180 Å². The van der Waals surface area contributed by atoms with E-state index in [0.29, 0.717) is 19.3 Å². The van der Waals surface area contributed by atoms with Crippen molar-refractivity contribution in [2.75, 3.05) is 13.7 Å². The SMILES string of the molecule is CCCCCCCNC1CCC(C(=O)N[C@@H](Cc2ccccc2)C(=O)OC)C(O)C1. The topological polar surface area (TPSA) is 87.7 Å². The van der Waals surface area contributed by atoms with Crippen LogP contribution in [0.15, 0.2) is 30.3 Å². The van der Waals surface area contributed by atoms with Gasteiger partial charge in [-0.3, -0.25) is 4.79 Å². The summed E-state index contributed by atoms with van der Waals surface area (Å²) in [6, 6.07) is 9.02. The van der Waals surface area contributed by atoms with Crippen molar-refractivity contribution in [1.29, 1.82) is 0 Å². The lowest BCUT2D eigenvalue weighted by atomic mass is 9.82. The molecule has 168 valence electrons. The van der Waals surface area contributed by atoms with Gasteiger partial charge in [-0.25, -0.2) is 4.79 Å². The Hall–Kier alpha value is -1.92. The molecule has 0 radical (unpaired) electrons. The molecule has 1 saturated carbocycles. The predicted octanol–water partition coefficient (Wildman–Crippen LogP) is 2.98. The molecule has 2 rings (SSSR count). The minimum absolute atomic E-state index is 0.246. The molecule has 6 heteroatoms. The molecule has 1 aliphatic rings. The van der Waals surface area contributed by atoms with Gasteiger partial charge in [0, 0.05) is 12.5 Å². The smallest absolute Gasteiger partial charge is 0.328 e. The second-order valence-corrected chi connectivity index (χ2v) is 8.33. The molecule has 1 aromatic rings. The lowest BCUT2D eigenvalue weighted by molar-refractivity contribution is -0.146. The third-order valence-corrected chi connectivity index (χ3v) is 5.95. The number of ether oxygens (including phenoxy) is 1. The van der Waals surface area contributed by atoms with Gasteiger partial charge in [-0.15, -0.1) is 0 Å². The summed E-state index contributed by atoms with van der Waals surface area (Å²) in [6.45, 7) is 3.17. The Morgan fingerprint density at radius 3 is 2.53 bits per heavy atom. The van der Waals surface area contributed by atoms with Crippen LogP contribution in [0, 0.1) is 5.92 Å². The highest BCUT2D eigenvalue weighted by molar-refractivity contribution is 5.86. The monoisotopic (exact) mass is 418 g/mol. The summed E-state index contributed by atoms with van der Waals surface area (Å²) in [6.07, 6.45) is 7.88. The van der Waals surface area contributed by atoms with Crippen molar-refractivity contribution in [2.24, 2.45) is 5.92 Å². The Morgan fingerprint density at radius 1 is 1.13 bits per heavy atom. The molecule has 1 amide bonds. The fourth-order valence-electron chi connectivity index (χ4n) is 4.14. The first-order valence-corrected chi connectivity index (χ1v) is 11.4. The third-order valence-electron chi connectivity index (χ3n) is 5.95. The number of unbranched alkanes of at least 4 members (excludes halogenated alkanes) is 4. The number of hydrogen-bond acceptors (Lipinski definition) is 5. The summed E-state index contributed by atoms with van der Waals surface area (Å²) in [5, 5.41) is 16.9. The number of hydrogen-bond donors (Lipinski definition) is 3. The zero-order valence-corrected chi connectivity index (χ0v) is 18.4. The number of methoxy groups -OCH3 is 1. The molecule has 4 atom stereocenters. The molecule has 0 aliphatic heterocycles. The molecular formula is C24H38N2O4. The van der Waals surface area contributed by atoms with Crippen LogP contribution in [0.5, 0.6) is 0 Å². The number of rotatable bonds is 12. The Balaban J connectivity index is 1.80. The van der Waals surface area contributed by atoms with Crippen LogP contribution in [0.2, 0.25) is 0 Å². The van der Waals surface area contributed by atoms with Crippen LogP contribution in [-0.2, 0) is 20.7 Å². The molecule has 0 aromatic heterocycles. The van der Waals surface area contributed by atoms with Crippen LogP contribution in [0.3, 0.4) is 0 Å². The highest BCUT2D eigenvalue weighted by Gasteiger charge is 2.35. The molecule has 1 aliphatic carbocycles. The van der Waals surface area contributed by atoms with Gasteiger partial charge in [0.05, 0.1) is 19.1 Å². The molecule has 1 fully saturated rings. The van der Waals surface area contributed by atoms with Crippen molar-refractivity contribution < 1.29 is 19.4 Å². The molecule has 6 nitrogen and oxygen atoms in total. The molecule has 0 heterocycles. The van der Waals surface area contributed by atoms with Gasteiger partial charge in [-0.2, -0.15) is 0 Å². The Bertz CT molecular complexity index is 637. The molecule has 30 heavy (non-hydrogen) atoms. The molecule has 0 spiro atoms. The van der Waals surface area contributed by atoms with Crippen LogP contribution in [-0.4, -0.2) is 48.8 Å². The second-order valence-electron chi connectivity index (χ2n) is 8.33. The average Bonchev–Trinajstić information content (AvgIpc) is 2.75. The number of amides is 1. The summed E-state index contributed by atoms with van der Waals surface area (Å²) in [7, 11) is 1.32. The van der Waals surface area contributed by atoms with E-state index in [0.717, 1.165) is 24.9 Å². The van der Waals surface area contributed by atoms with Gasteiger partial charge in [-0.1, -0.05) is 62.9 Å². The maximum Gasteiger partial charge on any atom is 0.328 e. The van der Waals surface area contributed by atoms with E-state index in [4.69, 9.17) is 4.74 Å². The minimum Gasteiger partial charge on any atom is -0.467 e. The Kier molecular flexibility index (Phi) is 10.9. The van der Waals surface area contributed by atoms with Gasteiger partial charge in [-0.05, 0) is 37.8 Å². The maximum atomic E-state index is 12.8. The maximum absolute atomic E-state index is 12.8. The number of esters is 1. The van der Waals surface area contributed by atoms with Crippen LogP contribution in [0.1, 0.15) is 63.9 Å². The summed E-state index contributed by atoms with van der Waals surface area (Å²) in [4.78, 5) is 25.0. The van der Waals surface area contributed by atoms with E-state index in [9.17, 15) is 14.7 Å². The van der Waals surface area contributed by atoms with Crippen LogP contribution in [0.25, 0.3) is 0 Å². The number of carbonyl (C=O) groups is 2. The lowest BCUT2D eigenvalue weighted by Gasteiger charge is -2.33. The molecule has 3 unspecified atom stereocenters. The van der Waals surface area contributed by atoms with E-state index in [2.05, 4.69) is 17.6 Å². The van der Waals surface area contributed by atoms with E-state index < -0.39 is 24.0 Å². The van der Waals surface area contributed by atoms with Gasteiger partial charge < -0.3 is 20.5 Å². The summed E-state index contributed by atoms with van der Waals surface area (Å²) in [5.41, 5.74) is 0.945. The van der Waals surface area contributed by atoms with Crippen molar-refractivity contribution in [2.45, 2.75) is 82.9 Å². The quantitative estimate of drug-likeness (QED) is 0.359. The van der Waals surface area contributed by atoms with Crippen molar-refractivity contribution in [3.63, 3.8) is 0 Å². The lowest BCUT2D eigenvalue weighted by Crippen LogP contribution is -2.50. The van der Waals surface area contributed by atoms with Crippen LogP contribution in [0.4, 0.5) is 0 Å². The van der Waals surface area contributed by atoms with Crippen LogP contribution >= 0.6 is 0 Å². The molecular weight excluding hydrogens is 380 g/mol. The number of aliphatic hydroxyl groups is 1. The van der Waals surface area contributed by atoms with Gasteiger partial charge >= 0.3 is 5.97 Å². The zero-order chi connectivity index (χ0) is 21.8. The first-order chi connectivity index (χ1) is 14.5. The number of carbonyl (C=O) groups excluding carboxylic acids is 2. The van der Waals surface area contributed by atoms with E-state index in [1.807, 2.05) is 30.3 Å². The molecule has 3 N–H and O–H groups in total. The van der Waals surface area contributed by atoms with Crippen molar-refractivity contribution >= 4 is 11.9 Å². The van der Waals surface area contributed by atoms with Crippen LogP contribution < -0.4 is 10.6 Å². The highest BCUT2D eigenvalue weighted by atomic mass is 16.5. The van der Waals surface area contributed by atoms with Gasteiger partial charge in [0.25, 0.3) is 0 Å². The molecule has 0 saturated heterocycles. The van der Waals surface area contributed by atoms with Crippen molar-refractivity contribution in [3.8, 4) is 0 Å². The van der Waals surface area contributed by atoms with Crippen molar-refractivity contribution in [1.82, 2.24) is 10.6 Å². The zero-order valence-electron chi connectivity index (χ0n) is 18.4. The number of benzene rings is 1. The largest absolute Gasteiger partial charge is 0.467 e. The van der Waals surface area contributed by atoms with E-state index >= 15 is 0 Å². The molecule has 1 aromatic carbocycles. The standard InChI is InChI=1S/C24H38N2O4/c1-3-4-5-6-10-15-25-19-13-14-20(22(27)17-19)23(28)26-21(24(29)30-2)16-18-11-8-7-9-12-18/h7-9,11-12,19-22,25,27H,3-6,10,13-17H2,1-2H3,(H,26,28)/t19?,20?,21-,22?/m0/s1. The number of aliphatic hydroxyl groups excluding tert-OH is 1. The van der Waals surface area contributed by atoms with Crippen molar-refractivity contribution in [3.05, 3.63) is 35.9 Å². The van der Waals surface area contributed by atoms with E-state index in [1.54, 1.807) is 0 Å². The van der Waals surface area contributed by atoms with Gasteiger partial charge in [0.1, 0.15) is 6.04 Å². The first-order valence-electron chi connectivity index (χ1n) is 11.4. The van der Waals surface area contributed by atoms with Gasteiger partial charge in [0.2, 0.25) is 5.91 Å². The minimum atomic E-state index is -0.754. The average molecular weight is 419 g/mol. The van der Waals surface area contributed by atoms with E-state index in [-0.39, 0.29) is 11.9 Å². The molecule has 0 bridgehead atoms. The first kappa shape index (κ1) is 24.4. The summed E-state index contributed by atoms with van der Waals surface area (Å²) in [5.74, 6) is -1.23. The normalized spacial score (nSPS) is 22.3. The second kappa shape index (κ2) is 13.4. The highest BCUT2D eigenvalue weighted by Crippen LogP contribution is 2.25. The Morgan fingerprint density at radius 2 is 1.87 bits per heavy atom. The number of nitrogens with one attached hydrogen (secondary N) is 2. The summed E-state index contributed by atoms with van der Waals surface area (Å²) >= 11 is 0.